The number of carbonyl (C=O) groups excluding carboxylic acids is 1. The second kappa shape index (κ2) is 5.41. The molecule has 0 amide bonds. The van der Waals surface area contributed by atoms with E-state index in [4.69, 9.17) is 0 Å². The third kappa shape index (κ3) is 2.56. The van der Waals surface area contributed by atoms with Gasteiger partial charge < -0.3 is 0 Å². The van der Waals surface area contributed by atoms with Gasteiger partial charge in [-0.05, 0) is 32.2 Å². The number of hydrogen-bond donors (Lipinski definition) is 0. The lowest BCUT2D eigenvalue weighted by atomic mass is 9.88. The highest BCUT2D eigenvalue weighted by Gasteiger charge is 2.36. The number of likely N-dealkylation sites (tertiary alicyclic amines) is 1. The molecule has 0 aromatic carbocycles. The number of ketones is 1. The predicted molar refractivity (Wildman–Crippen MR) is 71.4 cm³/mol. The second-order valence-corrected chi connectivity index (χ2v) is 5.80. The average Bonchev–Trinajstić information content (AvgIpc) is 3.00. The van der Waals surface area contributed by atoms with Gasteiger partial charge in [-0.25, -0.2) is 4.98 Å². The average molecular weight is 262 g/mol. The van der Waals surface area contributed by atoms with E-state index in [1.54, 1.807) is 6.33 Å². The molecule has 1 aromatic rings. The molecule has 0 N–H and O–H groups in total. The van der Waals surface area contributed by atoms with Crippen molar-refractivity contribution in [2.75, 3.05) is 6.54 Å². The predicted octanol–water partition coefficient (Wildman–Crippen LogP) is 1.54. The molecule has 0 spiro atoms. The summed E-state index contributed by atoms with van der Waals surface area (Å²) in [6.07, 6.45) is 8.21. The monoisotopic (exact) mass is 262 g/mol. The van der Waals surface area contributed by atoms with Gasteiger partial charge in [0.1, 0.15) is 17.9 Å². The highest BCUT2D eigenvalue weighted by molar-refractivity contribution is 5.83. The van der Waals surface area contributed by atoms with Crippen molar-refractivity contribution in [3.8, 4) is 0 Å². The molecule has 104 valence electrons. The molecule has 2 unspecified atom stereocenters. The van der Waals surface area contributed by atoms with Gasteiger partial charge in [0.05, 0.1) is 6.54 Å². The Bertz CT molecular complexity index is 456. The van der Waals surface area contributed by atoms with Crippen molar-refractivity contribution in [3.63, 3.8) is 0 Å². The fourth-order valence-electron chi connectivity index (χ4n) is 3.56. The van der Waals surface area contributed by atoms with Crippen LogP contribution in [0.4, 0.5) is 0 Å². The van der Waals surface area contributed by atoms with Crippen LogP contribution in [0.2, 0.25) is 0 Å². The molecule has 5 nitrogen and oxygen atoms in total. The molecule has 1 saturated heterocycles. The van der Waals surface area contributed by atoms with E-state index in [0.29, 0.717) is 11.8 Å². The number of aromatic nitrogens is 3. The van der Waals surface area contributed by atoms with Crippen LogP contribution in [-0.2, 0) is 18.4 Å². The van der Waals surface area contributed by atoms with Crippen molar-refractivity contribution in [3.05, 3.63) is 12.2 Å². The van der Waals surface area contributed by atoms with Gasteiger partial charge >= 0.3 is 0 Å². The first-order valence-electron chi connectivity index (χ1n) is 7.35. The quantitative estimate of drug-likeness (QED) is 0.829. The van der Waals surface area contributed by atoms with Crippen molar-refractivity contribution >= 4 is 5.78 Å². The van der Waals surface area contributed by atoms with E-state index in [2.05, 4.69) is 15.0 Å². The topological polar surface area (TPSA) is 51.0 Å². The second-order valence-electron chi connectivity index (χ2n) is 5.80. The number of rotatable bonds is 3. The van der Waals surface area contributed by atoms with Crippen molar-refractivity contribution in [2.24, 2.45) is 13.0 Å². The Morgan fingerprint density at radius 2 is 2.21 bits per heavy atom. The number of aryl methyl sites for hydroxylation is 1. The normalized spacial score (nSPS) is 29.0. The maximum atomic E-state index is 12.0. The fourth-order valence-corrected chi connectivity index (χ4v) is 3.56. The highest BCUT2D eigenvalue weighted by atomic mass is 16.1. The zero-order chi connectivity index (χ0) is 13.2. The summed E-state index contributed by atoms with van der Waals surface area (Å²) in [7, 11) is 1.93. The van der Waals surface area contributed by atoms with Gasteiger partial charge in [-0.2, -0.15) is 5.10 Å². The number of Topliss-reactive ketones (excluding diaryl/α,β-unsaturated/α-hetero) is 1. The summed E-state index contributed by atoms with van der Waals surface area (Å²) in [6, 6.07) is 0.431. The lowest BCUT2D eigenvalue weighted by Crippen LogP contribution is -2.45. The minimum atomic E-state index is 0.272. The largest absolute Gasteiger partial charge is 0.299 e. The maximum Gasteiger partial charge on any atom is 0.140 e. The Hall–Kier alpha value is -1.23. The summed E-state index contributed by atoms with van der Waals surface area (Å²) < 4.78 is 1.84. The van der Waals surface area contributed by atoms with Gasteiger partial charge in [-0.15, -0.1) is 0 Å². The molecule has 0 radical (unpaired) electrons. The van der Waals surface area contributed by atoms with Gasteiger partial charge in [0.25, 0.3) is 0 Å². The zero-order valence-electron chi connectivity index (χ0n) is 11.6. The summed E-state index contributed by atoms with van der Waals surface area (Å²) in [4.78, 5) is 18.8. The molecule has 1 aliphatic carbocycles. The van der Waals surface area contributed by atoms with Crippen LogP contribution in [0.1, 0.15) is 44.3 Å². The van der Waals surface area contributed by atoms with Crippen LogP contribution in [-0.4, -0.2) is 38.0 Å². The van der Waals surface area contributed by atoms with Crippen LogP contribution < -0.4 is 0 Å². The molecule has 0 bridgehead atoms. The van der Waals surface area contributed by atoms with Crippen molar-refractivity contribution in [2.45, 2.75) is 51.1 Å². The van der Waals surface area contributed by atoms with E-state index >= 15 is 0 Å². The standard InChI is InChI=1S/C14H22N4O/c1-17-14(15-10-16-17)9-18-8-3-2-6-12(18)11-5-4-7-13(11)19/h10-12H,2-9H2,1H3. The van der Waals surface area contributed by atoms with Crippen molar-refractivity contribution in [1.29, 1.82) is 0 Å². The third-order valence-electron chi connectivity index (χ3n) is 4.63. The summed E-state index contributed by atoms with van der Waals surface area (Å²) >= 11 is 0. The third-order valence-corrected chi connectivity index (χ3v) is 4.63. The number of piperidine rings is 1. The molecule has 2 atom stereocenters. The number of carbonyl (C=O) groups is 1. The molecule has 1 aromatic heterocycles. The molecule has 3 rings (SSSR count). The first-order valence-corrected chi connectivity index (χ1v) is 7.35. The molecule has 1 aliphatic heterocycles. The first kappa shape index (κ1) is 12.8. The minimum Gasteiger partial charge on any atom is -0.299 e. The SMILES string of the molecule is Cn1ncnc1CN1CCCCC1C1CCCC1=O. The van der Waals surface area contributed by atoms with Crippen LogP contribution >= 0.6 is 0 Å². The molecule has 2 fully saturated rings. The molecule has 2 aliphatic rings. The van der Waals surface area contributed by atoms with E-state index < -0.39 is 0 Å². The van der Waals surface area contributed by atoms with Crippen molar-refractivity contribution in [1.82, 2.24) is 19.7 Å². The lowest BCUT2D eigenvalue weighted by molar-refractivity contribution is -0.123. The lowest BCUT2D eigenvalue weighted by Gasteiger charge is -2.38. The number of hydrogen-bond acceptors (Lipinski definition) is 4. The molecule has 2 heterocycles. The van der Waals surface area contributed by atoms with E-state index in [1.165, 1.54) is 12.8 Å². The first-order chi connectivity index (χ1) is 9.25. The van der Waals surface area contributed by atoms with Crippen LogP contribution in [0.15, 0.2) is 6.33 Å². The van der Waals surface area contributed by atoms with Gasteiger partial charge in [0.15, 0.2) is 0 Å². The van der Waals surface area contributed by atoms with Gasteiger partial charge in [-0.3, -0.25) is 14.4 Å². The fraction of sp³-hybridized carbons (Fsp3) is 0.786. The molecular weight excluding hydrogens is 240 g/mol. The highest BCUT2D eigenvalue weighted by Crippen LogP contribution is 2.33. The van der Waals surface area contributed by atoms with E-state index in [0.717, 1.165) is 44.6 Å². The van der Waals surface area contributed by atoms with E-state index in [-0.39, 0.29) is 5.92 Å². The van der Waals surface area contributed by atoms with Crippen LogP contribution in [0, 0.1) is 5.92 Å². The van der Waals surface area contributed by atoms with E-state index in [9.17, 15) is 4.79 Å². The van der Waals surface area contributed by atoms with Gasteiger partial charge in [-0.1, -0.05) is 6.42 Å². The molecular formula is C14H22N4O. The summed E-state index contributed by atoms with van der Waals surface area (Å²) in [6.45, 7) is 1.91. The Labute approximate surface area is 114 Å². The van der Waals surface area contributed by atoms with Crippen LogP contribution in [0.3, 0.4) is 0 Å². The van der Waals surface area contributed by atoms with Crippen LogP contribution in [0.5, 0.6) is 0 Å². The van der Waals surface area contributed by atoms with Crippen molar-refractivity contribution < 1.29 is 4.79 Å². The van der Waals surface area contributed by atoms with Gasteiger partial charge in [0, 0.05) is 25.4 Å². The molecule has 5 heteroatoms. The Balaban J connectivity index is 1.74. The van der Waals surface area contributed by atoms with Gasteiger partial charge in [0.2, 0.25) is 0 Å². The smallest absolute Gasteiger partial charge is 0.140 e. The maximum absolute atomic E-state index is 12.0. The Morgan fingerprint density at radius 3 is 2.89 bits per heavy atom. The summed E-state index contributed by atoms with van der Waals surface area (Å²) in [5, 5.41) is 4.13. The van der Waals surface area contributed by atoms with E-state index in [1.807, 2.05) is 11.7 Å². The molecule has 1 saturated carbocycles. The Kier molecular flexibility index (Phi) is 3.64. The van der Waals surface area contributed by atoms with Crippen LogP contribution in [0.25, 0.3) is 0 Å². The minimum absolute atomic E-state index is 0.272. The Morgan fingerprint density at radius 1 is 1.32 bits per heavy atom. The summed E-state index contributed by atoms with van der Waals surface area (Å²) in [5.74, 6) is 1.75. The zero-order valence-corrected chi connectivity index (χ0v) is 11.6. The number of nitrogens with zero attached hydrogens (tertiary/aromatic N) is 4. The molecule has 19 heavy (non-hydrogen) atoms. The summed E-state index contributed by atoms with van der Waals surface area (Å²) in [5.41, 5.74) is 0.